The lowest BCUT2D eigenvalue weighted by Crippen LogP contribution is -2.43. The van der Waals surface area contributed by atoms with Crippen LogP contribution in [0.3, 0.4) is 0 Å². The van der Waals surface area contributed by atoms with Gasteiger partial charge in [0.2, 0.25) is 5.91 Å². The highest BCUT2D eigenvalue weighted by molar-refractivity contribution is 5.79. The third kappa shape index (κ3) is 5.07. The predicted molar refractivity (Wildman–Crippen MR) is 112 cm³/mol. The Hall–Kier alpha value is -2.47. The third-order valence-corrected chi connectivity index (χ3v) is 5.65. The van der Waals surface area contributed by atoms with Crippen LogP contribution in [-0.4, -0.2) is 53.5 Å². The molecule has 2 aromatic rings. The first kappa shape index (κ1) is 20.3. The van der Waals surface area contributed by atoms with Crippen molar-refractivity contribution in [2.45, 2.75) is 32.7 Å². The molecule has 1 amide bonds. The van der Waals surface area contributed by atoms with Crippen molar-refractivity contribution >= 4 is 11.7 Å². The van der Waals surface area contributed by atoms with Gasteiger partial charge in [-0.2, -0.15) is 0 Å². The summed E-state index contributed by atoms with van der Waals surface area (Å²) in [5, 5.41) is 3.23. The van der Waals surface area contributed by atoms with E-state index < -0.39 is 0 Å². The Morgan fingerprint density at radius 2 is 1.89 bits per heavy atom. The Morgan fingerprint density at radius 1 is 1.18 bits per heavy atom. The van der Waals surface area contributed by atoms with E-state index in [1.54, 1.807) is 18.6 Å². The lowest BCUT2D eigenvalue weighted by Gasteiger charge is -2.33. The van der Waals surface area contributed by atoms with Gasteiger partial charge < -0.3 is 10.2 Å². The molecule has 28 heavy (non-hydrogen) atoms. The summed E-state index contributed by atoms with van der Waals surface area (Å²) in [6.07, 6.45) is 6.89. The van der Waals surface area contributed by atoms with Crippen LogP contribution in [0.15, 0.2) is 48.9 Å². The van der Waals surface area contributed by atoms with Crippen molar-refractivity contribution < 1.29 is 4.79 Å². The van der Waals surface area contributed by atoms with Crippen molar-refractivity contribution in [3.05, 3.63) is 54.5 Å². The first-order valence-corrected chi connectivity index (χ1v) is 10.3. The van der Waals surface area contributed by atoms with Gasteiger partial charge in [-0.15, -0.1) is 0 Å². The number of hydrogen-bond acceptors (Lipinski definition) is 5. The van der Waals surface area contributed by atoms with Crippen LogP contribution >= 0.6 is 0 Å². The second-order valence-corrected chi connectivity index (χ2v) is 7.22. The Balaban J connectivity index is 1.55. The number of nitrogens with one attached hydrogen (secondary N) is 1. The highest BCUT2D eigenvalue weighted by Crippen LogP contribution is 2.23. The average molecular weight is 382 g/mol. The molecule has 0 aliphatic carbocycles. The van der Waals surface area contributed by atoms with Crippen molar-refractivity contribution in [3.63, 3.8) is 0 Å². The number of carbonyl (C=O) groups is 1. The molecule has 0 radical (unpaired) electrons. The molecule has 1 aromatic carbocycles. The molecule has 150 valence electrons. The molecular weight excluding hydrogens is 350 g/mol. The van der Waals surface area contributed by atoms with Gasteiger partial charge in [0, 0.05) is 37.9 Å². The maximum Gasteiger partial charge on any atom is 0.223 e. The molecule has 1 aliphatic rings. The van der Waals surface area contributed by atoms with Gasteiger partial charge >= 0.3 is 0 Å². The van der Waals surface area contributed by atoms with E-state index in [1.165, 1.54) is 5.56 Å². The highest BCUT2D eigenvalue weighted by Gasteiger charge is 2.27. The van der Waals surface area contributed by atoms with Crippen LogP contribution in [0.1, 0.15) is 38.3 Å². The fourth-order valence-corrected chi connectivity index (χ4v) is 3.96. The molecule has 0 saturated carbocycles. The Morgan fingerprint density at radius 3 is 2.50 bits per heavy atom. The van der Waals surface area contributed by atoms with Crippen LogP contribution in [0.2, 0.25) is 0 Å². The zero-order chi connectivity index (χ0) is 19.8. The van der Waals surface area contributed by atoms with Crippen molar-refractivity contribution in [1.29, 1.82) is 0 Å². The number of aromatic nitrogens is 2. The van der Waals surface area contributed by atoms with Gasteiger partial charge in [-0.3, -0.25) is 14.7 Å². The number of nitrogens with zero attached hydrogens (tertiary/aromatic N) is 4. The molecule has 1 unspecified atom stereocenters. The van der Waals surface area contributed by atoms with Crippen LogP contribution in [0.4, 0.5) is 5.82 Å². The van der Waals surface area contributed by atoms with E-state index in [-0.39, 0.29) is 17.9 Å². The number of anilines is 1. The van der Waals surface area contributed by atoms with Crippen molar-refractivity contribution in [2.75, 3.05) is 37.6 Å². The van der Waals surface area contributed by atoms with Crippen LogP contribution in [-0.2, 0) is 4.79 Å². The van der Waals surface area contributed by atoms with E-state index in [4.69, 9.17) is 0 Å². The van der Waals surface area contributed by atoms with E-state index in [1.807, 2.05) is 6.07 Å². The molecule has 0 bridgehead atoms. The summed E-state index contributed by atoms with van der Waals surface area (Å²) >= 11 is 0. The quantitative estimate of drug-likeness (QED) is 0.762. The van der Waals surface area contributed by atoms with E-state index in [2.05, 4.69) is 63.2 Å². The molecule has 3 rings (SSSR count). The van der Waals surface area contributed by atoms with E-state index in [0.29, 0.717) is 6.54 Å². The van der Waals surface area contributed by atoms with E-state index >= 15 is 0 Å². The number of rotatable bonds is 8. The lowest BCUT2D eigenvalue weighted by atomic mass is 9.95. The summed E-state index contributed by atoms with van der Waals surface area (Å²) in [6.45, 7) is 8.59. The standard InChI is InChI=1S/C22H31N5O/c1-3-26(4-2)20(18-8-6-5-7-9-18)16-25-22(28)19-10-14-27(15-11-19)21-17-23-12-13-24-21/h5-9,12-13,17,19-20H,3-4,10-11,14-16H2,1-2H3,(H,25,28). The molecule has 6 nitrogen and oxygen atoms in total. The number of amides is 1. The molecule has 1 atom stereocenters. The van der Waals surface area contributed by atoms with E-state index in [0.717, 1.165) is 44.8 Å². The van der Waals surface area contributed by atoms with Gasteiger partial charge in [0.05, 0.1) is 12.2 Å². The topological polar surface area (TPSA) is 61.4 Å². The van der Waals surface area contributed by atoms with Crippen molar-refractivity contribution in [1.82, 2.24) is 20.2 Å². The van der Waals surface area contributed by atoms with E-state index in [9.17, 15) is 4.79 Å². The van der Waals surface area contributed by atoms with Gasteiger partial charge in [0.1, 0.15) is 5.82 Å². The highest BCUT2D eigenvalue weighted by atomic mass is 16.1. The van der Waals surface area contributed by atoms with Gasteiger partial charge in [0.25, 0.3) is 0 Å². The van der Waals surface area contributed by atoms with Crippen LogP contribution in [0, 0.1) is 5.92 Å². The van der Waals surface area contributed by atoms with Crippen LogP contribution in [0.5, 0.6) is 0 Å². The summed E-state index contributed by atoms with van der Waals surface area (Å²) in [7, 11) is 0. The molecule has 0 spiro atoms. The van der Waals surface area contributed by atoms with Gasteiger partial charge in [0.15, 0.2) is 0 Å². The van der Waals surface area contributed by atoms with Crippen molar-refractivity contribution in [2.24, 2.45) is 5.92 Å². The average Bonchev–Trinajstić information content (AvgIpc) is 2.77. The smallest absolute Gasteiger partial charge is 0.223 e. The van der Waals surface area contributed by atoms with Crippen LogP contribution in [0.25, 0.3) is 0 Å². The summed E-state index contributed by atoms with van der Waals surface area (Å²) in [5.74, 6) is 1.14. The third-order valence-electron chi connectivity index (χ3n) is 5.65. The maximum atomic E-state index is 12.8. The fourth-order valence-electron chi connectivity index (χ4n) is 3.96. The fraction of sp³-hybridized carbons (Fsp3) is 0.500. The summed E-state index contributed by atoms with van der Waals surface area (Å²) in [6, 6.07) is 10.7. The maximum absolute atomic E-state index is 12.8. The zero-order valence-electron chi connectivity index (χ0n) is 16.9. The summed E-state index contributed by atoms with van der Waals surface area (Å²) in [4.78, 5) is 25.9. The molecule has 6 heteroatoms. The number of likely N-dealkylation sites (N-methyl/N-ethyl adjacent to an activating group) is 1. The molecule has 1 aliphatic heterocycles. The van der Waals surface area contributed by atoms with Gasteiger partial charge in [-0.25, -0.2) is 4.98 Å². The minimum Gasteiger partial charge on any atom is -0.355 e. The van der Waals surface area contributed by atoms with Crippen molar-refractivity contribution in [3.8, 4) is 0 Å². The monoisotopic (exact) mass is 381 g/mol. The molecule has 1 N–H and O–H groups in total. The summed E-state index contributed by atoms with van der Waals surface area (Å²) < 4.78 is 0. The largest absolute Gasteiger partial charge is 0.355 e. The van der Waals surface area contributed by atoms with Gasteiger partial charge in [-0.05, 0) is 31.5 Å². The molecule has 1 saturated heterocycles. The lowest BCUT2D eigenvalue weighted by molar-refractivity contribution is -0.125. The molecule has 2 heterocycles. The number of piperidine rings is 1. The Kier molecular flexibility index (Phi) is 7.37. The Labute approximate surface area is 168 Å². The second-order valence-electron chi connectivity index (χ2n) is 7.22. The van der Waals surface area contributed by atoms with Crippen LogP contribution < -0.4 is 10.2 Å². The molecule has 1 fully saturated rings. The number of carbonyl (C=O) groups excluding carboxylic acids is 1. The minimum absolute atomic E-state index is 0.0704. The van der Waals surface area contributed by atoms with Gasteiger partial charge in [-0.1, -0.05) is 44.2 Å². The Bertz CT molecular complexity index is 712. The molecule has 1 aromatic heterocycles. The molecular formula is C22H31N5O. The first-order valence-electron chi connectivity index (χ1n) is 10.3. The number of benzene rings is 1. The SMILES string of the molecule is CCN(CC)C(CNC(=O)C1CCN(c2cnccn2)CC1)c1ccccc1. The zero-order valence-corrected chi connectivity index (χ0v) is 16.9. The number of hydrogen-bond donors (Lipinski definition) is 1. The predicted octanol–water partition coefficient (Wildman–Crippen LogP) is 2.89. The first-order chi connectivity index (χ1) is 13.7. The second kappa shape index (κ2) is 10.2. The normalized spacial score (nSPS) is 16.2. The minimum atomic E-state index is 0.0704. The summed E-state index contributed by atoms with van der Waals surface area (Å²) in [5.41, 5.74) is 1.25.